The highest BCUT2D eigenvalue weighted by molar-refractivity contribution is 5.88. The highest BCUT2D eigenvalue weighted by Crippen LogP contribution is 2.35. The number of para-hydroxylation sites is 1. The average Bonchev–Trinajstić information content (AvgIpc) is 2.95. The molecule has 4 rings (SSSR count). The van der Waals surface area contributed by atoms with Crippen LogP contribution in [0.25, 0.3) is 0 Å². The Morgan fingerprint density at radius 3 is 2.48 bits per heavy atom. The number of aryl methyl sites for hydroxylation is 1. The number of carboxylic acids is 2. The fourth-order valence-electron chi connectivity index (χ4n) is 5.59. The van der Waals surface area contributed by atoms with E-state index in [1.807, 2.05) is 30.3 Å². The van der Waals surface area contributed by atoms with Gasteiger partial charge in [-0.05, 0) is 97.0 Å². The van der Waals surface area contributed by atoms with Gasteiger partial charge in [-0.25, -0.2) is 4.79 Å². The molecule has 0 bridgehead atoms. The van der Waals surface area contributed by atoms with E-state index in [1.165, 1.54) is 11.1 Å². The summed E-state index contributed by atoms with van der Waals surface area (Å²) in [5, 5.41) is 18.6. The van der Waals surface area contributed by atoms with Crippen LogP contribution in [0.2, 0.25) is 0 Å². The smallest absolute Gasteiger partial charge is 0.335 e. The molecular weight excluding hydrogens is 502 g/mol. The molecule has 0 radical (unpaired) electrons. The van der Waals surface area contributed by atoms with Crippen LogP contribution in [0.1, 0.15) is 96.1 Å². The standard InChI is InChI=1S/C34H41NO5/c1-24(2)26-15-13-25(14-16-26)23-40-32-11-4-3-8-27(32)19-21-35(20-6-5-12-33(36)37)31-10-7-9-28-22-29(34(38)39)17-18-30(28)31/h3-4,8,11,13-18,22,24,31H,5-7,9-10,12,19-21,23H2,1-2H3,(H,36,37)(H,38,39)/t31-/m0/s1. The highest BCUT2D eigenvalue weighted by Gasteiger charge is 2.26. The SMILES string of the molecule is CC(C)c1ccc(COc2ccccc2CCN(CCCCC(=O)O)[C@H]2CCCc3cc(C(=O)O)ccc32)cc1. The maximum Gasteiger partial charge on any atom is 0.335 e. The van der Waals surface area contributed by atoms with Gasteiger partial charge in [0.25, 0.3) is 0 Å². The number of hydrogen-bond donors (Lipinski definition) is 2. The number of rotatable bonds is 14. The van der Waals surface area contributed by atoms with Crippen molar-refractivity contribution in [3.8, 4) is 5.75 Å². The van der Waals surface area contributed by atoms with Crippen molar-refractivity contribution in [3.05, 3.63) is 100 Å². The van der Waals surface area contributed by atoms with Crippen LogP contribution in [-0.4, -0.2) is 40.1 Å². The van der Waals surface area contributed by atoms with Gasteiger partial charge >= 0.3 is 11.9 Å². The van der Waals surface area contributed by atoms with Crippen molar-refractivity contribution in [2.45, 2.75) is 77.4 Å². The number of carbonyl (C=O) groups is 2. The summed E-state index contributed by atoms with van der Waals surface area (Å²) in [4.78, 5) is 25.1. The molecule has 6 heteroatoms. The van der Waals surface area contributed by atoms with E-state index < -0.39 is 11.9 Å². The van der Waals surface area contributed by atoms with E-state index in [0.29, 0.717) is 24.5 Å². The molecule has 0 saturated heterocycles. The second-order valence-electron chi connectivity index (χ2n) is 11.1. The lowest BCUT2D eigenvalue weighted by Gasteiger charge is -2.36. The van der Waals surface area contributed by atoms with Crippen molar-refractivity contribution >= 4 is 11.9 Å². The molecule has 0 heterocycles. The topological polar surface area (TPSA) is 87.1 Å². The molecule has 0 aromatic heterocycles. The van der Waals surface area contributed by atoms with Gasteiger partial charge in [0, 0.05) is 19.0 Å². The summed E-state index contributed by atoms with van der Waals surface area (Å²) >= 11 is 0. The Morgan fingerprint density at radius 2 is 1.75 bits per heavy atom. The Labute approximate surface area is 237 Å². The molecule has 2 N–H and O–H groups in total. The van der Waals surface area contributed by atoms with Crippen molar-refractivity contribution < 1.29 is 24.5 Å². The van der Waals surface area contributed by atoms with Gasteiger partial charge in [-0.15, -0.1) is 0 Å². The number of benzene rings is 3. The molecule has 0 fully saturated rings. The fraction of sp³-hybridized carbons (Fsp3) is 0.412. The first-order valence-electron chi connectivity index (χ1n) is 14.4. The van der Waals surface area contributed by atoms with Gasteiger partial charge < -0.3 is 14.9 Å². The first-order chi connectivity index (χ1) is 19.3. The van der Waals surface area contributed by atoms with Gasteiger partial charge in [0.15, 0.2) is 0 Å². The molecule has 0 spiro atoms. The van der Waals surface area contributed by atoms with E-state index in [4.69, 9.17) is 9.84 Å². The lowest BCUT2D eigenvalue weighted by Crippen LogP contribution is -2.34. The third-order valence-corrected chi connectivity index (χ3v) is 7.88. The van der Waals surface area contributed by atoms with Crippen LogP contribution >= 0.6 is 0 Å². The molecule has 1 aliphatic carbocycles. The van der Waals surface area contributed by atoms with E-state index in [1.54, 1.807) is 6.07 Å². The van der Waals surface area contributed by atoms with Gasteiger partial charge in [0.1, 0.15) is 12.4 Å². The Hall–Kier alpha value is -3.64. The summed E-state index contributed by atoms with van der Waals surface area (Å²) in [5.41, 5.74) is 6.24. The van der Waals surface area contributed by atoms with E-state index >= 15 is 0 Å². The van der Waals surface area contributed by atoms with Crippen molar-refractivity contribution in [2.24, 2.45) is 0 Å². The lowest BCUT2D eigenvalue weighted by molar-refractivity contribution is -0.137. The second-order valence-corrected chi connectivity index (χ2v) is 11.1. The van der Waals surface area contributed by atoms with E-state index in [9.17, 15) is 14.7 Å². The van der Waals surface area contributed by atoms with Crippen LogP contribution in [0.15, 0.2) is 66.7 Å². The molecule has 0 saturated carbocycles. The van der Waals surface area contributed by atoms with Crippen molar-refractivity contribution in [1.82, 2.24) is 4.90 Å². The highest BCUT2D eigenvalue weighted by atomic mass is 16.5. The zero-order valence-corrected chi connectivity index (χ0v) is 23.6. The van der Waals surface area contributed by atoms with Crippen LogP contribution in [0.5, 0.6) is 5.75 Å². The molecule has 3 aromatic carbocycles. The summed E-state index contributed by atoms with van der Waals surface area (Å²) in [7, 11) is 0. The number of ether oxygens (including phenoxy) is 1. The monoisotopic (exact) mass is 543 g/mol. The van der Waals surface area contributed by atoms with Crippen molar-refractivity contribution in [2.75, 3.05) is 13.1 Å². The average molecular weight is 544 g/mol. The Kier molecular flexibility index (Phi) is 10.4. The number of nitrogens with zero attached hydrogens (tertiary/aromatic N) is 1. The minimum absolute atomic E-state index is 0.173. The number of hydrogen-bond acceptors (Lipinski definition) is 4. The van der Waals surface area contributed by atoms with Gasteiger partial charge in [-0.2, -0.15) is 0 Å². The number of unbranched alkanes of at least 4 members (excludes halogenated alkanes) is 1. The lowest BCUT2D eigenvalue weighted by atomic mass is 9.85. The Morgan fingerprint density at radius 1 is 0.975 bits per heavy atom. The van der Waals surface area contributed by atoms with E-state index in [2.05, 4.69) is 49.1 Å². The Bertz CT molecular complexity index is 1280. The number of aromatic carboxylic acids is 1. The third-order valence-electron chi connectivity index (χ3n) is 7.88. The van der Waals surface area contributed by atoms with Crippen LogP contribution in [0, 0.1) is 0 Å². The van der Waals surface area contributed by atoms with Crippen molar-refractivity contribution in [1.29, 1.82) is 0 Å². The van der Waals surface area contributed by atoms with Crippen LogP contribution in [-0.2, 0) is 24.2 Å². The zero-order valence-electron chi connectivity index (χ0n) is 23.6. The summed E-state index contributed by atoms with van der Waals surface area (Å²) in [5.74, 6) is -0.280. The minimum Gasteiger partial charge on any atom is -0.489 e. The predicted molar refractivity (Wildman–Crippen MR) is 157 cm³/mol. The van der Waals surface area contributed by atoms with Crippen LogP contribution in [0.3, 0.4) is 0 Å². The molecule has 1 atom stereocenters. The van der Waals surface area contributed by atoms with Gasteiger partial charge in [0.2, 0.25) is 0 Å². The summed E-state index contributed by atoms with van der Waals surface area (Å²) in [6, 6.07) is 22.5. The quantitative estimate of drug-likeness (QED) is 0.208. The number of carboxylic acid groups (broad SMARTS) is 2. The molecule has 0 aliphatic heterocycles. The minimum atomic E-state index is -0.900. The third kappa shape index (κ3) is 7.95. The van der Waals surface area contributed by atoms with Gasteiger partial charge in [0.05, 0.1) is 5.56 Å². The predicted octanol–water partition coefficient (Wildman–Crippen LogP) is 7.26. The first-order valence-corrected chi connectivity index (χ1v) is 14.4. The fourth-order valence-corrected chi connectivity index (χ4v) is 5.59. The maximum absolute atomic E-state index is 11.5. The zero-order chi connectivity index (χ0) is 28.5. The van der Waals surface area contributed by atoms with E-state index in [-0.39, 0.29) is 12.5 Å². The Balaban J connectivity index is 1.47. The normalized spacial score (nSPS) is 14.8. The van der Waals surface area contributed by atoms with Crippen molar-refractivity contribution in [3.63, 3.8) is 0 Å². The second kappa shape index (κ2) is 14.1. The molecule has 3 aromatic rings. The van der Waals surface area contributed by atoms with Gasteiger partial charge in [-0.3, -0.25) is 9.69 Å². The molecule has 0 amide bonds. The molecule has 1 aliphatic rings. The molecular formula is C34H41NO5. The summed E-state index contributed by atoms with van der Waals surface area (Å²) in [6.45, 7) is 6.49. The van der Waals surface area contributed by atoms with E-state index in [0.717, 1.165) is 67.6 Å². The molecule has 212 valence electrons. The summed E-state index contributed by atoms with van der Waals surface area (Å²) < 4.78 is 6.28. The van der Waals surface area contributed by atoms with Crippen LogP contribution in [0.4, 0.5) is 0 Å². The summed E-state index contributed by atoms with van der Waals surface area (Å²) in [6.07, 6.45) is 5.31. The number of aliphatic carboxylic acids is 1. The molecule has 40 heavy (non-hydrogen) atoms. The van der Waals surface area contributed by atoms with Gasteiger partial charge in [-0.1, -0.05) is 62.4 Å². The maximum atomic E-state index is 11.5. The largest absolute Gasteiger partial charge is 0.489 e. The number of fused-ring (bicyclic) bond motifs is 1. The van der Waals surface area contributed by atoms with Crippen LogP contribution < -0.4 is 4.74 Å². The molecule has 0 unspecified atom stereocenters. The molecule has 6 nitrogen and oxygen atoms in total. The first kappa shape index (κ1) is 29.3.